The van der Waals surface area contributed by atoms with Crippen LogP contribution >= 0.6 is 22.9 Å². The molecule has 3 aromatic rings. The van der Waals surface area contributed by atoms with Crippen molar-refractivity contribution in [1.29, 1.82) is 0 Å². The third kappa shape index (κ3) is 3.26. The first-order valence-electron chi connectivity index (χ1n) is 6.18. The third-order valence-corrected chi connectivity index (χ3v) is 3.86. The maximum Gasteiger partial charge on any atom is 0.286 e. The summed E-state index contributed by atoms with van der Waals surface area (Å²) >= 11 is 6.71. The lowest BCUT2D eigenvalue weighted by Crippen LogP contribution is -2.11. The van der Waals surface area contributed by atoms with Gasteiger partial charge in [-0.2, -0.15) is 0 Å². The van der Waals surface area contributed by atoms with Gasteiger partial charge in [0.1, 0.15) is 0 Å². The van der Waals surface area contributed by atoms with Gasteiger partial charge >= 0.3 is 0 Å². The van der Waals surface area contributed by atoms with Crippen molar-refractivity contribution < 1.29 is 4.79 Å². The predicted octanol–water partition coefficient (Wildman–Crippen LogP) is 4.11. The molecule has 0 radical (unpaired) electrons. The van der Waals surface area contributed by atoms with Crippen LogP contribution in [-0.2, 0) is 0 Å². The Bertz CT molecular complexity index is 756. The summed E-state index contributed by atoms with van der Waals surface area (Å²) in [5.41, 5.74) is 2.92. The molecule has 1 N–H and O–H groups in total. The van der Waals surface area contributed by atoms with Gasteiger partial charge in [-0.1, -0.05) is 53.8 Å². The van der Waals surface area contributed by atoms with Crippen molar-refractivity contribution in [3.8, 4) is 11.1 Å². The third-order valence-electron chi connectivity index (χ3n) is 2.84. The highest BCUT2D eigenvalue weighted by Gasteiger charge is 2.12. The lowest BCUT2D eigenvalue weighted by Gasteiger charge is -2.05. The zero-order valence-corrected chi connectivity index (χ0v) is 12.4. The SMILES string of the molecule is O=C(Nc1ccc(-c2ccccc2)cc1)c1nnc(Cl)s1. The van der Waals surface area contributed by atoms with E-state index in [9.17, 15) is 4.79 Å². The van der Waals surface area contributed by atoms with Crippen LogP contribution in [0.25, 0.3) is 11.1 Å². The molecule has 104 valence electrons. The molecule has 0 fully saturated rings. The van der Waals surface area contributed by atoms with E-state index in [1.165, 1.54) is 0 Å². The van der Waals surface area contributed by atoms with E-state index >= 15 is 0 Å². The van der Waals surface area contributed by atoms with Crippen LogP contribution in [0, 0.1) is 0 Å². The van der Waals surface area contributed by atoms with Crippen LogP contribution in [0.3, 0.4) is 0 Å². The van der Waals surface area contributed by atoms with Gasteiger partial charge in [-0.05, 0) is 34.9 Å². The molecule has 2 aromatic carbocycles. The van der Waals surface area contributed by atoms with E-state index in [1.54, 1.807) is 0 Å². The monoisotopic (exact) mass is 315 g/mol. The molecule has 0 saturated carbocycles. The first-order valence-corrected chi connectivity index (χ1v) is 7.38. The average molecular weight is 316 g/mol. The number of nitrogens with zero attached hydrogens (tertiary/aromatic N) is 2. The Kier molecular flexibility index (Phi) is 3.94. The molecule has 0 saturated heterocycles. The van der Waals surface area contributed by atoms with Gasteiger partial charge in [0.05, 0.1) is 0 Å². The number of amides is 1. The van der Waals surface area contributed by atoms with E-state index in [1.807, 2.05) is 54.6 Å². The van der Waals surface area contributed by atoms with E-state index in [0.29, 0.717) is 5.69 Å². The van der Waals surface area contributed by atoms with Gasteiger partial charge in [-0.25, -0.2) is 0 Å². The van der Waals surface area contributed by atoms with Crippen molar-refractivity contribution in [1.82, 2.24) is 10.2 Å². The van der Waals surface area contributed by atoms with Gasteiger partial charge in [-0.3, -0.25) is 4.79 Å². The Labute approximate surface area is 130 Å². The number of aromatic nitrogens is 2. The Balaban J connectivity index is 1.74. The van der Waals surface area contributed by atoms with Crippen LogP contribution in [0.2, 0.25) is 4.47 Å². The Morgan fingerprint density at radius 2 is 1.62 bits per heavy atom. The summed E-state index contributed by atoms with van der Waals surface area (Å²) in [6.07, 6.45) is 0. The van der Waals surface area contributed by atoms with E-state index < -0.39 is 0 Å². The fourth-order valence-electron chi connectivity index (χ4n) is 1.86. The van der Waals surface area contributed by atoms with Crippen LogP contribution in [0.15, 0.2) is 54.6 Å². The maximum atomic E-state index is 11.9. The zero-order valence-electron chi connectivity index (χ0n) is 10.8. The molecule has 0 aliphatic rings. The summed E-state index contributed by atoms with van der Waals surface area (Å²) in [6.45, 7) is 0. The highest BCUT2D eigenvalue weighted by Crippen LogP contribution is 2.22. The van der Waals surface area contributed by atoms with Gasteiger partial charge < -0.3 is 5.32 Å². The Morgan fingerprint density at radius 1 is 0.952 bits per heavy atom. The van der Waals surface area contributed by atoms with Crippen molar-refractivity contribution >= 4 is 34.5 Å². The maximum absolute atomic E-state index is 11.9. The molecule has 0 atom stereocenters. The van der Waals surface area contributed by atoms with E-state index in [4.69, 9.17) is 11.6 Å². The summed E-state index contributed by atoms with van der Waals surface area (Å²) in [5.74, 6) is -0.313. The highest BCUT2D eigenvalue weighted by molar-refractivity contribution is 7.17. The van der Waals surface area contributed by atoms with Crippen LogP contribution in [-0.4, -0.2) is 16.1 Å². The number of hydrogen-bond donors (Lipinski definition) is 1. The molecule has 1 amide bonds. The zero-order chi connectivity index (χ0) is 14.7. The van der Waals surface area contributed by atoms with Crippen molar-refractivity contribution in [2.24, 2.45) is 0 Å². The fourth-order valence-corrected chi connectivity index (χ4v) is 2.58. The number of carbonyl (C=O) groups excluding carboxylic acids is 1. The number of hydrogen-bond acceptors (Lipinski definition) is 4. The molecule has 1 aromatic heterocycles. The second kappa shape index (κ2) is 6.03. The summed E-state index contributed by atoms with van der Waals surface area (Å²) in [6, 6.07) is 17.6. The molecule has 6 heteroatoms. The van der Waals surface area contributed by atoms with Crippen LogP contribution in [0.4, 0.5) is 5.69 Å². The van der Waals surface area contributed by atoms with Crippen LogP contribution < -0.4 is 5.32 Å². The van der Waals surface area contributed by atoms with Gasteiger partial charge in [0.15, 0.2) is 0 Å². The number of nitrogens with one attached hydrogen (secondary N) is 1. The molecule has 4 nitrogen and oxygen atoms in total. The predicted molar refractivity (Wildman–Crippen MR) is 84.8 cm³/mol. The Morgan fingerprint density at radius 3 is 2.24 bits per heavy atom. The van der Waals surface area contributed by atoms with Gasteiger partial charge in [0, 0.05) is 5.69 Å². The van der Waals surface area contributed by atoms with Gasteiger partial charge in [0.2, 0.25) is 9.47 Å². The molecule has 21 heavy (non-hydrogen) atoms. The Hall–Kier alpha value is -2.24. The molecule has 1 heterocycles. The number of benzene rings is 2. The lowest BCUT2D eigenvalue weighted by molar-refractivity contribution is 0.102. The van der Waals surface area contributed by atoms with Gasteiger partial charge in [-0.15, -0.1) is 10.2 Å². The van der Waals surface area contributed by atoms with E-state index in [0.717, 1.165) is 22.5 Å². The van der Waals surface area contributed by atoms with Crippen LogP contribution in [0.5, 0.6) is 0 Å². The number of anilines is 1. The normalized spacial score (nSPS) is 10.3. The van der Waals surface area contributed by atoms with E-state index in [-0.39, 0.29) is 15.4 Å². The molecule has 0 spiro atoms. The summed E-state index contributed by atoms with van der Waals surface area (Å²) < 4.78 is 0.250. The minimum absolute atomic E-state index is 0.243. The number of carbonyl (C=O) groups is 1. The minimum atomic E-state index is -0.313. The summed E-state index contributed by atoms with van der Waals surface area (Å²) in [4.78, 5) is 11.9. The molecular formula is C15H10ClN3OS. The molecule has 0 aliphatic carbocycles. The molecule has 0 aliphatic heterocycles. The minimum Gasteiger partial charge on any atom is -0.320 e. The fraction of sp³-hybridized carbons (Fsp3) is 0. The molecule has 0 unspecified atom stereocenters. The molecule has 3 rings (SSSR count). The van der Waals surface area contributed by atoms with Crippen molar-refractivity contribution in [3.05, 3.63) is 64.1 Å². The molecular weight excluding hydrogens is 306 g/mol. The molecule has 0 bridgehead atoms. The summed E-state index contributed by atoms with van der Waals surface area (Å²) in [7, 11) is 0. The second-order valence-corrected chi connectivity index (χ2v) is 5.82. The first kappa shape index (κ1) is 13.7. The first-order chi connectivity index (χ1) is 10.2. The van der Waals surface area contributed by atoms with E-state index in [2.05, 4.69) is 15.5 Å². The summed E-state index contributed by atoms with van der Waals surface area (Å²) in [5, 5.41) is 10.3. The standard InChI is InChI=1S/C15H10ClN3OS/c16-15-19-18-14(21-15)13(20)17-12-8-6-11(7-9-12)10-4-2-1-3-5-10/h1-9H,(H,17,20). The largest absolute Gasteiger partial charge is 0.320 e. The highest BCUT2D eigenvalue weighted by atomic mass is 35.5. The second-order valence-electron chi connectivity index (χ2n) is 4.26. The quantitative estimate of drug-likeness (QED) is 0.791. The van der Waals surface area contributed by atoms with Crippen molar-refractivity contribution in [2.75, 3.05) is 5.32 Å². The average Bonchev–Trinajstić information content (AvgIpc) is 2.96. The smallest absolute Gasteiger partial charge is 0.286 e. The lowest BCUT2D eigenvalue weighted by atomic mass is 10.1. The van der Waals surface area contributed by atoms with Crippen molar-refractivity contribution in [3.63, 3.8) is 0 Å². The topological polar surface area (TPSA) is 54.9 Å². The van der Waals surface area contributed by atoms with Crippen molar-refractivity contribution in [2.45, 2.75) is 0 Å². The number of rotatable bonds is 3. The van der Waals surface area contributed by atoms with Crippen LogP contribution in [0.1, 0.15) is 9.80 Å². The number of halogens is 1. The van der Waals surface area contributed by atoms with Gasteiger partial charge in [0.25, 0.3) is 5.91 Å².